The minimum atomic E-state index is -0.460. The van der Waals surface area contributed by atoms with Crippen molar-refractivity contribution in [2.45, 2.75) is 13.8 Å². The fourth-order valence-electron chi connectivity index (χ4n) is 1.70. The number of anilines is 1. The van der Waals surface area contributed by atoms with Gasteiger partial charge < -0.3 is 0 Å². The first-order valence-corrected chi connectivity index (χ1v) is 7.23. The first-order valence-electron chi connectivity index (χ1n) is 6.42. The van der Waals surface area contributed by atoms with Crippen molar-refractivity contribution in [1.29, 1.82) is 0 Å². The Morgan fingerprint density at radius 1 is 1.50 bits per heavy atom. The number of pyridine rings is 1. The molecular formula is C13H13FN6OS. The molecule has 114 valence electrons. The molecule has 0 spiro atoms. The maximum Gasteiger partial charge on any atom is 0.230 e. The summed E-state index contributed by atoms with van der Waals surface area (Å²) in [6.07, 6.45) is 4.10. The predicted octanol–water partition coefficient (Wildman–Crippen LogP) is 3.60. The topological polar surface area (TPSA) is 94.9 Å². The van der Waals surface area contributed by atoms with Gasteiger partial charge in [0, 0.05) is 22.6 Å². The monoisotopic (exact) mass is 320 g/mol. The van der Waals surface area contributed by atoms with Crippen LogP contribution >= 0.6 is 11.3 Å². The van der Waals surface area contributed by atoms with Crippen LogP contribution in [0.25, 0.3) is 21.0 Å². The second-order valence-corrected chi connectivity index (χ2v) is 5.70. The normalized spacial score (nSPS) is 10.4. The molecule has 0 aliphatic carbocycles. The molecule has 2 aromatic rings. The van der Waals surface area contributed by atoms with Gasteiger partial charge in [0.05, 0.1) is 12.4 Å². The van der Waals surface area contributed by atoms with Gasteiger partial charge in [-0.05, 0) is 11.6 Å². The Bertz CT molecular complexity index is 725. The summed E-state index contributed by atoms with van der Waals surface area (Å²) in [5.74, 6) is -0.895. The predicted molar refractivity (Wildman–Crippen MR) is 81.6 cm³/mol. The van der Waals surface area contributed by atoms with Crippen LogP contribution in [0.3, 0.4) is 0 Å². The maximum absolute atomic E-state index is 13.2. The molecular weight excluding hydrogens is 307 g/mol. The van der Waals surface area contributed by atoms with Gasteiger partial charge in [-0.1, -0.05) is 30.3 Å². The zero-order chi connectivity index (χ0) is 16.1. The van der Waals surface area contributed by atoms with Gasteiger partial charge in [-0.15, -0.1) is 0 Å². The molecule has 22 heavy (non-hydrogen) atoms. The van der Waals surface area contributed by atoms with Gasteiger partial charge in [0.25, 0.3) is 0 Å². The molecule has 1 amide bonds. The van der Waals surface area contributed by atoms with Gasteiger partial charge in [-0.3, -0.25) is 14.7 Å². The zero-order valence-electron chi connectivity index (χ0n) is 12.0. The molecule has 2 heterocycles. The van der Waals surface area contributed by atoms with Crippen LogP contribution in [0.5, 0.6) is 0 Å². The summed E-state index contributed by atoms with van der Waals surface area (Å²) in [6, 6.07) is 1.32. The van der Waals surface area contributed by atoms with E-state index in [0.717, 1.165) is 6.20 Å². The molecule has 0 saturated carbocycles. The van der Waals surface area contributed by atoms with Gasteiger partial charge in [-0.25, -0.2) is 9.37 Å². The minimum absolute atomic E-state index is 0.115. The fourth-order valence-corrected chi connectivity index (χ4v) is 2.60. The van der Waals surface area contributed by atoms with Crippen LogP contribution in [-0.4, -0.2) is 22.5 Å². The van der Waals surface area contributed by atoms with Crippen LogP contribution in [0, 0.1) is 11.7 Å². The molecule has 2 aromatic heterocycles. The lowest BCUT2D eigenvalue weighted by Gasteiger charge is -2.20. The van der Waals surface area contributed by atoms with E-state index in [1.807, 2.05) is 0 Å². The Morgan fingerprint density at radius 2 is 2.27 bits per heavy atom. The van der Waals surface area contributed by atoms with E-state index in [1.165, 1.54) is 34.7 Å². The highest BCUT2D eigenvalue weighted by Gasteiger charge is 2.20. The number of amides is 1. The number of carbonyl (C=O) groups is 1. The van der Waals surface area contributed by atoms with Crippen LogP contribution in [0.1, 0.15) is 13.8 Å². The van der Waals surface area contributed by atoms with Crippen LogP contribution in [0.2, 0.25) is 0 Å². The summed E-state index contributed by atoms with van der Waals surface area (Å²) < 4.78 is 13.2. The number of halogens is 1. The molecule has 0 N–H and O–H groups in total. The Morgan fingerprint density at radius 3 is 2.91 bits per heavy atom. The molecule has 0 fully saturated rings. The van der Waals surface area contributed by atoms with E-state index in [-0.39, 0.29) is 18.5 Å². The lowest BCUT2D eigenvalue weighted by atomic mass is 10.2. The van der Waals surface area contributed by atoms with Crippen molar-refractivity contribution in [1.82, 2.24) is 9.97 Å². The lowest BCUT2D eigenvalue weighted by molar-refractivity contribution is -0.121. The second-order valence-electron chi connectivity index (χ2n) is 4.69. The quantitative estimate of drug-likeness (QED) is 0.478. The van der Waals surface area contributed by atoms with Crippen LogP contribution in [0.15, 0.2) is 29.8 Å². The summed E-state index contributed by atoms with van der Waals surface area (Å²) >= 11 is 1.20. The van der Waals surface area contributed by atoms with Crippen molar-refractivity contribution in [2.75, 3.05) is 11.6 Å². The molecule has 7 nitrogen and oxygen atoms in total. The summed E-state index contributed by atoms with van der Waals surface area (Å²) in [7, 11) is 0. The molecule has 0 aliphatic rings. The molecule has 0 atom stereocenters. The highest BCUT2D eigenvalue weighted by molar-refractivity contribution is 7.19. The Labute approximate surface area is 130 Å². The highest BCUT2D eigenvalue weighted by atomic mass is 32.1. The SMILES string of the molecule is CC(C)C(=O)N(CN=[N+]=[N-])c1cnc(-c2cncc(F)c2)s1. The van der Waals surface area contributed by atoms with Crippen molar-refractivity contribution >= 4 is 22.2 Å². The third kappa shape index (κ3) is 3.57. The number of aromatic nitrogens is 2. The number of hydrogen-bond donors (Lipinski definition) is 0. The largest absolute Gasteiger partial charge is 0.296 e. The average molecular weight is 320 g/mol. The summed E-state index contributed by atoms with van der Waals surface area (Å²) in [4.78, 5) is 24.2. The van der Waals surface area contributed by atoms with Crippen molar-refractivity contribution in [3.05, 3.63) is 40.9 Å². The number of carbonyl (C=O) groups excluding carboxylic acids is 1. The molecule has 0 saturated heterocycles. The molecule has 2 rings (SSSR count). The van der Waals surface area contributed by atoms with Gasteiger partial charge >= 0.3 is 0 Å². The molecule has 0 bridgehead atoms. The van der Waals surface area contributed by atoms with Crippen molar-refractivity contribution < 1.29 is 9.18 Å². The van der Waals surface area contributed by atoms with E-state index in [9.17, 15) is 9.18 Å². The minimum Gasteiger partial charge on any atom is -0.296 e. The Kier molecular flexibility index (Phi) is 5.03. The summed E-state index contributed by atoms with van der Waals surface area (Å²) in [6.45, 7) is 3.39. The van der Waals surface area contributed by atoms with E-state index < -0.39 is 5.82 Å². The summed E-state index contributed by atoms with van der Waals surface area (Å²) in [5, 5.41) is 4.50. The number of nitrogens with zero attached hydrogens (tertiary/aromatic N) is 6. The number of thiazole rings is 1. The molecule has 0 aliphatic heterocycles. The Balaban J connectivity index is 2.34. The van der Waals surface area contributed by atoms with E-state index in [0.29, 0.717) is 15.6 Å². The third-order valence-corrected chi connectivity index (χ3v) is 3.81. The van der Waals surface area contributed by atoms with Gasteiger partial charge in [0.15, 0.2) is 0 Å². The summed E-state index contributed by atoms with van der Waals surface area (Å²) in [5.41, 5.74) is 8.98. The van der Waals surface area contributed by atoms with Crippen LogP contribution < -0.4 is 4.90 Å². The standard InChI is InChI=1S/C13H13FN6OS/c1-8(2)13(21)20(7-18-19-15)11-6-17-12(22-11)9-3-10(14)5-16-4-9/h3-6,8H,7H2,1-2H3. The maximum atomic E-state index is 13.2. The number of rotatable bonds is 5. The zero-order valence-corrected chi connectivity index (χ0v) is 12.8. The van der Waals surface area contributed by atoms with Crippen molar-refractivity contribution in [2.24, 2.45) is 11.0 Å². The lowest BCUT2D eigenvalue weighted by Crippen LogP contribution is -2.33. The smallest absolute Gasteiger partial charge is 0.230 e. The van der Waals surface area contributed by atoms with Crippen LogP contribution in [-0.2, 0) is 4.79 Å². The van der Waals surface area contributed by atoms with Gasteiger partial charge in [0.2, 0.25) is 5.91 Å². The fraction of sp³-hybridized carbons (Fsp3) is 0.308. The first-order chi connectivity index (χ1) is 10.5. The van der Waals surface area contributed by atoms with E-state index in [1.54, 1.807) is 13.8 Å². The van der Waals surface area contributed by atoms with Gasteiger partial charge in [0.1, 0.15) is 22.5 Å². The number of hydrogen-bond acceptors (Lipinski definition) is 5. The van der Waals surface area contributed by atoms with Gasteiger partial charge in [-0.2, -0.15) is 0 Å². The number of azide groups is 1. The van der Waals surface area contributed by atoms with E-state index >= 15 is 0 Å². The Hall–Kier alpha value is -2.51. The van der Waals surface area contributed by atoms with E-state index in [4.69, 9.17) is 5.53 Å². The molecule has 0 aromatic carbocycles. The molecule has 0 unspecified atom stereocenters. The molecule has 0 radical (unpaired) electrons. The second kappa shape index (κ2) is 6.97. The third-order valence-electron chi connectivity index (χ3n) is 2.74. The molecule has 9 heteroatoms. The first kappa shape index (κ1) is 15.9. The van der Waals surface area contributed by atoms with E-state index in [2.05, 4.69) is 20.0 Å². The van der Waals surface area contributed by atoms with Crippen LogP contribution in [0.4, 0.5) is 9.39 Å². The highest BCUT2D eigenvalue weighted by Crippen LogP contribution is 2.31. The van der Waals surface area contributed by atoms with Crippen molar-refractivity contribution in [3.63, 3.8) is 0 Å². The van der Waals surface area contributed by atoms with Crippen molar-refractivity contribution in [3.8, 4) is 10.6 Å². The average Bonchev–Trinajstić information content (AvgIpc) is 2.97.